The van der Waals surface area contributed by atoms with Gasteiger partial charge in [-0.2, -0.15) is 0 Å². The van der Waals surface area contributed by atoms with E-state index in [1.807, 2.05) is 16.2 Å². The molecule has 3 rings (SSSR count). The van der Waals surface area contributed by atoms with Crippen LogP contribution in [0.25, 0.3) is 0 Å². The number of thiophene rings is 1. The van der Waals surface area contributed by atoms with Crippen LogP contribution in [0.3, 0.4) is 0 Å². The standard InChI is InChI=1S/C15H22N2OS/c1-11-4-2-3-5-13(11)16-15(18)17-8-6-14-12(10-17)7-9-19-14/h7,9,11,13H,2-6,8,10H2,1H3,(H,16,18). The molecule has 1 saturated carbocycles. The van der Waals surface area contributed by atoms with Crippen LogP contribution in [0.4, 0.5) is 4.79 Å². The Balaban J connectivity index is 1.59. The molecule has 0 radical (unpaired) electrons. The lowest BCUT2D eigenvalue weighted by Crippen LogP contribution is -2.49. The van der Waals surface area contributed by atoms with Crippen molar-refractivity contribution in [1.29, 1.82) is 0 Å². The Morgan fingerprint density at radius 3 is 3.11 bits per heavy atom. The van der Waals surface area contributed by atoms with Gasteiger partial charge in [-0.3, -0.25) is 0 Å². The van der Waals surface area contributed by atoms with Gasteiger partial charge in [0.25, 0.3) is 0 Å². The largest absolute Gasteiger partial charge is 0.335 e. The first-order valence-corrected chi connectivity index (χ1v) is 8.22. The van der Waals surface area contributed by atoms with Gasteiger partial charge in [0.15, 0.2) is 0 Å². The predicted molar refractivity (Wildman–Crippen MR) is 78.4 cm³/mol. The fraction of sp³-hybridized carbons (Fsp3) is 0.667. The van der Waals surface area contributed by atoms with E-state index in [0.717, 1.165) is 25.9 Å². The summed E-state index contributed by atoms with van der Waals surface area (Å²) in [5.41, 5.74) is 1.34. The van der Waals surface area contributed by atoms with Crippen LogP contribution in [-0.4, -0.2) is 23.5 Å². The van der Waals surface area contributed by atoms with Gasteiger partial charge in [0.05, 0.1) is 0 Å². The van der Waals surface area contributed by atoms with Gasteiger partial charge in [-0.15, -0.1) is 11.3 Å². The third kappa shape index (κ3) is 2.78. The number of rotatable bonds is 1. The average molecular weight is 278 g/mol. The van der Waals surface area contributed by atoms with Crippen molar-refractivity contribution < 1.29 is 4.79 Å². The normalized spacial score (nSPS) is 26.9. The second-order valence-electron chi connectivity index (χ2n) is 5.86. The molecule has 1 aliphatic heterocycles. The van der Waals surface area contributed by atoms with Gasteiger partial charge in [-0.25, -0.2) is 4.79 Å². The van der Waals surface area contributed by atoms with Crippen LogP contribution in [-0.2, 0) is 13.0 Å². The molecule has 2 aliphatic rings. The van der Waals surface area contributed by atoms with Crippen molar-refractivity contribution in [2.75, 3.05) is 6.54 Å². The minimum absolute atomic E-state index is 0.135. The number of hydrogen-bond donors (Lipinski definition) is 1. The molecule has 2 atom stereocenters. The molecule has 1 aromatic rings. The molecule has 104 valence electrons. The number of nitrogens with zero attached hydrogens (tertiary/aromatic N) is 1. The van der Waals surface area contributed by atoms with Crippen LogP contribution in [0.1, 0.15) is 43.0 Å². The lowest BCUT2D eigenvalue weighted by molar-refractivity contribution is 0.177. The highest BCUT2D eigenvalue weighted by atomic mass is 32.1. The number of nitrogens with one attached hydrogen (secondary N) is 1. The van der Waals surface area contributed by atoms with Crippen molar-refractivity contribution in [3.05, 3.63) is 21.9 Å². The van der Waals surface area contributed by atoms with Gasteiger partial charge in [-0.05, 0) is 42.2 Å². The Kier molecular flexibility index (Phi) is 3.78. The Morgan fingerprint density at radius 2 is 2.26 bits per heavy atom. The summed E-state index contributed by atoms with van der Waals surface area (Å²) in [5, 5.41) is 5.39. The van der Waals surface area contributed by atoms with Crippen LogP contribution in [0.2, 0.25) is 0 Å². The zero-order valence-electron chi connectivity index (χ0n) is 11.5. The van der Waals surface area contributed by atoms with Gasteiger partial charge in [-0.1, -0.05) is 19.8 Å². The highest BCUT2D eigenvalue weighted by Crippen LogP contribution is 2.26. The topological polar surface area (TPSA) is 32.3 Å². The molecule has 0 spiro atoms. The lowest BCUT2D eigenvalue weighted by atomic mass is 9.86. The zero-order valence-corrected chi connectivity index (χ0v) is 12.3. The summed E-state index contributed by atoms with van der Waals surface area (Å²) in [5.74, 6) is 0.624. The SMILES string of the molecule is CC1CCCCC1NC(=O)N1CCc2sccc2C1. The van der Waals surface area contributed by atoms with Crippen LogP contribution in [0.5, 0.6) is 0 Å². The van der Waals surface area contributed by atoms with Gasteiger partial charge in [0, 0.05) is 24.0 Å². The van der Waals surface area contributed by atoms with Gasteiger partial charge in [0.2, 0.25) is 0 Å². The van der Waals surface area contributed by atoms with Gasteiger partial charge in [0.1, 0.15) is 0 Å². The number of urea groups is 1. The second-order valence-corrected chi connectivity index (χ2v) is 6.86. The first kappa shape index (κ1) is 13.0. The van der Waals surface area contributed by atoms with Crippen LogP contribution < -0.4 is 5.32 Å². The maximum atomic E-state index is 12.4. The molecule has 2 amide bonds. The number of carbonyl (C=O) groups excluding carboxylic acids is 1. The molecular formula is C15H22N2OS. The molecule has 2 heterocycles. The summed E-state index contributed by atoms with van der Waals surface area (Å²) in [6.07, 6.45) is 5.98. The van der Waals surface area contributed by atoms with E-state index in [0.29, 0.717) is 12.0 Å². The van der Waals surface area contributed by atoms with Gasteiger partial charge < -0.3 is 10.2 Å². The first-order valence-electron chi connectivity index (χ1n) is 7.34. The lowest BCUT2D eigenvalue weighted by Gasteiger charge is -2.33. The van der Waals surface area contributed by atoms with E-state index in [2.05, 4.69) is 23.7 Å². The van der Waals surface area contributed by atoms with Crippen molar-refractivity contribution in [2.45, 2.75) is 51.6 Å². The van der Waals surface area contributed by atoms with E-state index in [4.69, 9.17) is 0 Å². The molecule has 2 unspecified atom stereocenters. The molecule has 4 heteroatoms. The molecular weight excluding hydrogens is 256 g/mol. The van der Waals surface area contributed by atoms with Crippen molar-refractivity contribution in [1.82, 2.24) is 10.2 Å². The number of carbonyl (C=O) groups is 1. The monoisotopic (exact) mass is 278 g/mol. The van der Waals surface area contributed by atoms with E-state index in [1.165, 1.54) is 29.7 Å². The molecule has 0 saturated heterocycles. The third-order valence-corrected chi connectivity index (χ3v) is 5.54. The van der Waals surface area contributed by atoms with Crippen molar-refractivity contribution in [2.24, 2.45) is 5.92 Å². The van der Waals surface area contributed by atoms with E-state index < -0.39 is 0 Å². The Bertz CT molecular complexity index is 457. The molecule has 1 fully saturated rings. The molecule has 1 aromatic heterocycles. The van der Waals surface area contributed by atoms with E-state index in [9.17, 15) is 4.79 Å². The predicted octanol–water partition coefficient (Wildman–Crippen LogP) is 3.39. The molecule has 19 heavy (non-hydrogen) atoms. The average Bonchev–Trinajstić information content (AvgIpc) is 2.88. The Morgan fingerprint density at radius 1 is 1.42 bits per heavy atom. The molecule has 0 aromatic carbocycles. The Hall–Kier alpha value is -1.03. The molecule has 0 bridgehead atoms. The first-order chi connectivity index (χ1) is 9.24. The number of amides is 2. The third-order valence-electron chi connectivity index (χ3n) is 4.52. The summed E-state index contributed by atoms with van der Waals surface area (Å²) < 4.78 is 0. The van der Waals surface area contributed by atoms with Crippen molar-refractivity contribution >= 4 is 17.4 Å². The molecule has 3 nitrogen and oxygen atoms in total. The minimum Gasteiger partial charge on any atom is -0.335 e. The Labute approximate surface area is 119 Å². The van der Waals surface area contributed by atoms with E-state index in [-0.39, 0.29) is 6.03 Å². The second kappa shape index (κ2) is 5.53. The smallest absolute Gasteiger partial charge is 0.317 e. The van der Waals surface area contributed by atoms with Crippen LogP contribution >= 0.6 is 11.3 Å². The summed E-state index contributed by atoms with van der Waals surface area (Å²) in [6.45, 7) is 3.91. The highest BCUT2D eigenvalue weighted by Gasteiger charge is 2.26. The fourth-order valence-electron chi connectivity index (χ4n) is 3.20. The van der Waals surface area contributed by atoms with E-state index >= 15 is 0 Å². The maximum absolute atomic E-state index is 12.4. The summed E-state index contributed by atoms with van der Waals surface area (Å²) in [6, 6.07) is 2.67. The molecule has 1 N–H and O–H groups in total. The minimum atomic E-state index is 0.135. The van der Waals surface area contributed by atoms with Crippen LogP contribution in [0, 0.1) is 5.92 Å². The molecule has 1 aliphatic carbocycles. The van der Waals surface area contributed by atoms with E-state index in [1.54, 1.807) is 0 Å². The number of fused-ring (bicyclic) bond motifs is 1. The summed E-state index contributed by atoms with van der Waals surface area (Å²) >= 11 is 1.82. The zero-order chi connectivity index (χ0) is 13.2. The fourth-order valence-corrected chi connectivity index (χ4v) is 4.09. The quantitative estimate of drug-likeness (QED) is 0.839. The van der Waals surface area contributed by atoms with Crippen molar-refractivity contribution in [3.63, 3.8) is 0 Å². The summed E-state index contributed by atoms with van der Waals surface area (Å²) in [4.78, 5) is 15.8. The van der Waals surface area contributed by atoms with Crippen LogP contribution in [0.15, 0.2) is 11.4 Å². The highest BCUT2D eigenvalue weighted by molar-refractivity contribution is 7.10. The van der Waals surface area contributed by atoms with Crippen molar-refractivity contribution in [3.8, 4) is 0 Å². The summed E-state index contributed by atoms with van der Waals surface area (Å²) in [7, 11) is 0. The number of hydrogen-bond acceptors (Lipinski definition) is 2. The van der Waals surface area contributed by atoms with Gasteiger partial charge >= 0.3 is 6.03 Å². The maximum Gasteiger partial charge on any atom is 0.317 e.